The SMILES string of the molecule is N#Cc1cc(Cl)ccc1NCC(c1cccc(F)c1)N1CCOCC1. The van der Waals surface area contributed by atoms with Crippen molar-refractivity contribution in [3.05, 3.63) is 64.4 Å². The van der Waals surface area contributed by atoms with Crippen LogP contribution in [0.15, 0.2) is 42.5 Å². The molecule has 1 fully saturated rings. The number of halogens is 2. The molecule has 1 N–H and O–H groups in total. The number of hydrogen-bond donors (Lipinski definition) is 1. The first-order valence-corrected chi connectivity index (χ1v) is 8.56. The number of nitrogens with zero attached hydrogens (tertiary/aromatic N) is 2. The highest BCUT2D eigenvalue weighted by Gasteiger charge is 2.23. The number of ether oxygens (including phenoxy) is 1. The quantitative estimate of drug-likeness (QED) is 0.881. The van der Waals surface area contributed by atoms with Gasteiger partial charge < -0.3 is 10.1 Å². The van der Waals surface area contributed by atoms with Gasteiger partial charge in [0.15, 0.2) is 0 Å². The van der Waals surface area contributed by atoms with Gasteiger partial charge >= 0.3 is 0 Å². The lowest BCUT2D eigenvalue weighted by Crippen LogP contribution is -2.41. The second-order valence-electron chi connectivity index (χ2n) is 5.90. The van der Waals surface area contributed by atoms with Crippen LogP contribution < -0.4 is 5.32 Å². The van der Waals surface area contributed by atoms with Crippen LogP contribution in [-0.4, -0.2) is 37.7 Å². The third-order valence-electron chi connectivity index (χ3n) is 4.31. The zero-order chi connectivity index (χ0) is 17.6. The summed E-state index contributed by atoms with van der Waals surface area (Å²) in [5.41, 5.74) is 2.12. The number of anilines is 1. The van der Waals surface area contributed by atoms with Crippen molar-refractivity contribution in [3.8, 4) is 6.07 Å². The van der Waals surface area contributed by atoms with E-state index in [1.54, 1.807) is 30.3 Å². The predicted molar refractivity (Wildman–Crippen MR) is 96.2 cm³/mol. The van der Waals surface area contributed by atoms with Crippen molar-refractivity contribution in [1.29, 1.82) is 5.26 Å². The van der Waals surface area contributed by atoms with Crippen molar-refractivity contribution < 1.29 is 9.13 Å². The van der Waals surface area contributed by atoms with Crippen molar-refractivity contribution in [2.75, 3.05) is 38.2 Å². The lowest BCUT2D eigenvalue weighted by molar-refractivity contribution is 0.0186. The molecule has 0 aliphatic carbocycles. The lowest BCUT2D eigenvalue weighted by atomic mass is 10.0. The molecule has 2 aromatic carbocycles. The summed E-state index contributed by atoms with van der Waals surface area (Å²) in [5.74, 6) is -0.250. The topological polar surface area (TPSA) is 48.3 Å². The third-order valence-corrected chi connectivity index (χ3v) is 4.54. The summed E-state index contributed by atoms with van der Waals surface area (Å²) in [6, 6.07) is 14.0. The Labute approximate surface area is 151 Å². The first-order chi connectivity index (χ1) is 12.2. The van der Waals surface area contributed by atoms with Gasteiger partial charge in [0.05, 0.1) is 30.5 Å². The molecule has 1 heterocycles. The van der Waals surface area contributed by atoms with Crippen LogP contribution in [0.1, 0.15) is 17.2 Å². The van der Waals surface area contributed by atoms with Crippen LogP contribution in [0.4, 0.5) is 10.1 Å². The molecule has 0 aromatic heterocycles. The molecule has 6 heteroatoms. The van der Waals surface area contributed by atoms with Gasteiger partial charge in [-0.25, -0.2) is 4.39 Å². The van der Waals surface area contributed by atoms with Gasteiger partial charge in [-0.15, -0.1) is 0 Å². The number of nitriles is 1. The Hall–Kier alpha value is -2.13. The number of hydrogen-bond acceptors (Lipinski definition) is 4. The summed E-state index contributed by atoms with van der Waals surface area (Å²) in [4.78, 5) is 2.27. The number of benzene rings is 2. The van der Waals surface area contributed by atoms with Crippen LogP contribution in [0.25, 0.3) is 0 Å². The molecule has 3 rings (SSSR count). The van der Waals surface area contributed by atoms with E-state index in [9.17, 15) is 9.65 Å². The summed E-state index contributed by atoms with van der Waals surface area (Å²) in [7, 11) is 0. The Morgan fingerprint density at radius 1 is 1.24 bits per heavy atom. The molecule has 25 heavy (non-hydrogen) atoms. The van der Waals surface area contributed by atoms with Gasteiger partial charge in [-0.1, -0.05) is 23.7 Å². The highest BCUT2D eigenvalue weighted by Crippen LogP contribution is 2.25. The molecule has 1 unspecified atom stereocenters. The summed E-state index contributed by atoms with van der Waals surface area (Å²) >= 11 is 5.95. The van der Waals surface area contributed by atoms with Crippen LogP contribution in [0, 0.1) is 17.1 Å². The normalized spacial score (nSPS) is 16.2. The highest BCUT2D eigenvalue weighted by atomic mass is 35.5. The minimum Gasteiger partial charge on any atom is -0.382 e. The standard InChI is InChI=1S/C19H19ClFN3O/c20-16-4-5-18(15(10-16)12-22)23-13-19(24-6-8-25-9-7-24)14-2-1-3-17(21)11-14/h1-5,10-11,19,23H,6-9,13H2. The molecule has 0 radical (unpaired) electrons. The Morgan fingerprint density at radius 2 is 2.04 bits per heavy atom. The van der Waals surface area contributed by atoms with Gasteiger partial charge in [0.2, 0.25) is 0 Å². The van der Waals surface area contributed by atoms with E-state index in [2.05, 4.69) is 16.3 Å². The molecule has 4 nitrogen and oxygen atoms in total. The van der Waals surface area contributed by atoms with Gasteiger partial charge in [-0.05, 0) is 35.9 Å². The van der Waals surface area contributed by atoms with Crippen LogP contribution in [0.2, 0.25) is 5.02 Å². The molecular weight excluding hydrogens is 341 g/mol. The third kappa shape index (κ3) is 4.49. The van der Waals surface area contributed by atoms with Crippen LogP contribution in [0.5, 0.6) is 0 Å². The molecule has 0 saturated carbocycles. The fourth-order valence-electron chi connectivity index (χ4n) is 3.03. The van der Waals surface area contributed by atoms with E-state index in [1.165, 1.54) is 6.07 Å². The number of rotatable bonds is 5. The van der Waals surface area contributed by atoms with E-state index >= 15 is 0 Å². The molecular formula is C19H19ClFN3O. The average molecular weight is 360 g/mol. The maximum Gasteiger partial charge on any atom is 0.123 e. The monoisotopic (exact) mass is 359 g/mol. The number of nitrogens with one attached hydrogen (secondary N) is 1. The van der Waals surface area contributed by atoms with Gasteiger partial charge in [0, 0.05) is 24.7 Å². The molecule has 0 bridgehead atoms. The largest absolute Gasteiger partial charge is 0.382 e. The Balaban J connectivity index is 1.81. The number of morpholine rings is 1. The van der Waals surface area contributed by atoms with Gasteiger partial charge in [-0.3, -0.25) is 4.90 Å². The van der Waals surface area contributed by atoms with Crippen LogP contribution in [-0.2, 0) is 4.74 Å². The van der Waals surface area contributed by atoms with Crippen molar-refractivity contribution in [3.63, 3.8) is 0 Å². The van der Waals surface area contributed by atoms with E-state index in [0.717, 1.165) is 24.3 Å². The fourth-order valence-corrected chi connectivity index (χ4v) is 3.20. The van der Waals surface area contributed by atoms with Crippen molar-refractivity contribution >= 4 is 17.3 Å². The zero-order valence-electron chi connectivity index (χ0n) is 13.7. The lowest BCUT2D eigenvalue weighted by Gasteiger charge is -2.35. The molecule has 1 aliphatic heterocycles. The molecule has 0 amide bonds. The van der Waals surface area contributed by atoms with Crippen LogP contribution >= 0.6 is 11.6 Å². The zero-order valence-corrected chi connectivity index (χ0v) is 14.5. The summed E-state index contributed by atoms with van der Waals surface area (Å²) in [5, 5.41) is 13.1. The second-order valence-corrected chi connectivity index (χ2v) is 6.34. The summed E-state index contributed by atoms with van der Waals surface area (Å²) in [6.45, 7) is 3.45. The van der Waals surface area contributed by atoms with E-state index in [-0.39, 0.29) is 11.9 Å². The summed E-state index contributed by atoms with van der Waals surface area (Å²) in [6.07, 6.45) is 0. The molecule has 1 saturated heterocycles. The van der Waals surface area contributed by atoms with E-state index in [1.807, 2.05) is 6.07 Å². The van der Waals surface area contributed by atoms with Gasteiger partial charge in [0.25, 0.3) is 0 Å². The van der Waals surface area contributed by atoms with E-state index in [4.69, 9.17) is 16.3 Å². The van der Waals surface area contributed by atoms with E-state index in [0.29, 0.717) is 30.3 Å². The Morgan fingerprint density at radius 3 is 2.76 bits per heavy atom. The van der Waals surface area contributed by atoms with Crippen LogP contribution in [0.3, 0.4) is 0 Å². The van der Waals surface area contributed by atoms with Crippen molar-refractivity contribution in [2.45, 2.75) is 6.04 Å². The first kappa shape index (κ1) is 17.7. The maximum atomic E-state index is 13.7. The first-order valence-electron chi connectivity index (χ1n) is 8.18. The molecule has 2 aromatic rings. The Bertz CT molecular complexity index is 772. The molecule has 1 atom stereocenters. The van der Waals surface area contributed by atoms with Gasteiger partial charge in [0.1, 0.15) is 11.9 Å². The molecule has 130 valence electrons. The molecule has 1 aliphatic rings. The minimum atomic E-state index is -0.250. The van der Waals surface area contributed by atoms with Crippen molar-refractivity contribution in [1.82, 2.24) is 4.90 Å². The molecule has 0 spiro atoms. The smallest absolute Gasteiger partial charge is 0.123 e. The highest BCUT2D eigenvalue weighted by molar-refractivity contribution is 6.30. The van der Waals surface area contributed by atoms with Crippen molar-refractivity contribution in [2.24, 2.45) is 0 Å². The summed E-state index contributed by atoms with van der Waals surface area (Å²) < 4.78 is 19.1. The van der Waals surface area contributed by atoms with E-state index < -0.39 is 0 Å². The predicted octanol–water partition coefficient (Wildman–Crippen LogP) is 3.84. The van der Waals surface area contributed by atoms with Gasteiger partial charge in [-0.2, -0.15) is 5.26 Å². The second kappa shape index (κ2) is 8.30. The minimum absolute atomic E-state index is 0.0122. The Kier molecular flexibility index (Phi) is 5.87. The average Bonchev–Trinajstić information content (AvgIpc) is 2.64. The maximum absolute atomic E-state index is 13.7. The fraction of sp³-hybridized carbons (Fsp3) is 0.316.